The molecule has 6 nitrogen and oxygen atoms in total. The number of thioether (sulfide) groups is 1. The first-order valence-corrected chi connectivity index (χ1v) is 16.7. The standard InChI is InChI=1S/C41H42F5N3O3S/c1-27-6-15-36-34(22-27)37(50)23-39(53-26-31-4-3-5-35(42)40(31)43)49(36)25-38(51)48(33-16-18-47(19-17-33)20-21-52-2)24-28-7-9-29(10-8-28)30-11-13-32(14-12-30)41(44,45)46/h3-15,22-23,33,37,50H,16-21,24-26H2,1-2H3/i2D3,3D,4D,5D,6D,7D,8D,9D,10D,11D,12D,13D,14D,15D,21D2,22D,23D,25D2. The van der Waals surface area contributed by atoms with Crippen LogP contribution in [0, 0.1) is 18.6 Å². The van der Waals surface area contributed by atoms with Gasteiger partial charge >= 0.3 is 6.18 Å². The van der Waals surface area contributed by atoms with Crippen molar-refractivity contribution < 1.29 is 66.7 Å². The van der Waals surface area contributed by atoms with Crippen LogP contribution in [0.25, 0.3) is 11.1 Å². The first-order valence-electron chi connectivity index (χ1n) is 26.7. The van der Waals surface area contributed by atoms with Crippen molar-refractivity contribution in [2.24, 2.45) is 0 Å². The molecule has 0 saturated carbocycles. The molecule has 1 unspecified atom stereocenters. The highest BCUT2D eigenvalue weighted by Crippen LogP contribution is 2.41. The van der Waals surface area contributed by atoms with Gasteiger partial charge in [-0.3, -0.25) is 4.79 Å². The molecule has 4 aromatic carbocycles. The first kappa shape index (κ1) is 19.4. The average Bonchev–Trinajstić information content (AvgIpc) is 3.31. The van der Waals surface area contributed by atoms with Crippen molar-refractivity contribution in [1.82, 2.24) is 9.80 Å². The number of aliphatic hydroxyl groups is 1. The van der Waals surface area contributed by atoms with Crippen molar-refractivity contribution in [3.8, 4) is 11.1 Å². The molecule has 1 atom stereocenters. The van der Waals surface area contributed by atoms with Gasteiger partial charge in [0.05, 0.1) is 47.3 Å². The molecular formula is C41H42F5N3O3S. The lowest BCUT2D eigenvalue weighted by molar-refractivity contribution is -0.137. The summed E-state index contributed by atoms with van der Waals surface area (Å²) in [5.41, 5.74) is -7.47. The Kier molecular flexibility index (Phi) is 6.16. The number of alkyl halides is 3. The van der Waals surface area contributed by atoms with Gasteiger partial charge in [0.25, 0.3) is 0 Å². The number of hydrogen-bond acceptors (Lipinski definition) is 6. The SMILES string of the molecule is [2H]C1=C(SCc2c([2H])c([2H])c([2H])c(F)c2F)N(C([2H])([2H])C(=O)N(Cc2c([2H])c([2H])c(-c3c([2H])c([2H])c(C(F)(F)F)c([2H])c3[2H])c([2H])c2[2H])C2CCN(CC([2H])([2H])OC([2H])([2H])[2H])CC2)c2c([2H])c([2H])c(C)c([2H])c2C1O. The fraction of sp³-hybridized carbons (Fsp3) is 0.341. The van der Waals surface area contributed by atoms with Gasteiger partial charge < -0.3 is 24.5 Å². The van der Waals surface area contributed by atoms with Crippen molar-refractivity contribution in [1.29, 1.82) is 0 Å². The van der Waals surface area contributed by atoms with Gasteiger partial charge in [-0.05, 0) is 66.7 Å². The molecule has 0 spiro atoms. The van der Waals surface area contributed by atoms with Crippen LogP contribution in [0.5, 0.6) is 0 Å². The lowest BCUT2D eigenvalue weighted by atomic mass is 9.99. The normalized spacial score (nSPS) is 23.6. The number of methoxy groups -OCH3 is 1. The zero-order chi connectivity index (χ0) is 56.8. The summed E-state index contributed by atoms with van der Waals surface area (Å²) in [4.78, 5) is 17.8. The van der Waals surface area contributed by atoms with Crippen LogP contribution in [0.1, 0.15) is 76.9 Å². The van der Waals surface area contributed by atoms with E-state index in [0.29, 0.717) is 9.80 Å². The second-order valence-corrected chi connectivity index (χ2v) is 12.6. The molecule has 1 amide bonds. The molecule has 53 heavy (non-hydrogen) atoms. The summed E-state index contributed by atoms with van der Waals surface area (Å²) in [5.74, 6) is -6.34. The predicted octanol–water partition coefficient (Wildman–Crippen LogP) is 8.73. The number of amides is 1. The van der Waals surface area contributed by atoms with Crippen LogP contribution in [-0.4, -0.2) is 66.6 Å². The number of aliphatic hydroxyl groups excluding tert-OH is 1. The number of anilines is 1. The Morgan fingerprint density at radius 3 is 2.42 bits per heavy atom. The zero-order valence-electron chi connectivity index (χ0n) is 49.5. The topological polar surface area (TPSA) is 56.3 Å². The molecule has 0 bridgehead atoms. The summed E-state index contributed by atoms with van der Waals surface area (Å²) in [5, 5.41) is 10.7. The highest BCUT2D eigenvalue weighted by molar-refractivity contribution is 8.02. The largest absolute Gasteiger partial charge is 0.416 e. The molecule has 0 aromatic heterocycles. The number of halogens is 5. The smallest absolute Gasteiger partial charge is 0.384 e. The Balaban J connectivity index is 1.55. The summed E-state index contributed by atoms with van der Waals surface area (Å²) in [6.07, 6.45) is -8.18. The van der Waals surface area contributed by atoms with E-state index in [1.165, 1.54) is 11.8 Å². The Morgan fingerprint density at radius 2 is 1.74 bits per heavy atom. The third-order valence-corrected chi connectivity index (χ3v) is 9.10. The Labute approximate surface area is 341 Å². The molecule has 6 rings (SSSR count). The lowest BCUT2D eigenvalue weighted by Gasteiger charge is -2.40. The van der Waals surface area contributed by atoms with Gasteiger partial charge in [0, 0.05) is 61.8 Å². The van der Waals surface area contributed by atoms with E-state index in [0.717, 1.165) is 0 Å². The molecule has 2 heterocycles. The minimum absolute atomic E-state index is 0.177. The average molecular weight is 774 g/mol. The maximum atomic E-state index is 15.5. The summed E-state index contributed by atoms with van der Waals surface area (Å²) < 4.78 is 262. The van der Waals surface area contributed by atoms with Crippen molar-refractivity contribution >= 4 is 23.4 Å². The Morgan fingerprint density at radius 1 is 1.04 bits per heavy atom. The molecular weight excluding hydrogens is 710 g/mol. The van der Waals surface area contributed by atoms with Crippen molar-refractivity contribution in [3.63, 3.8) is 0 Å². The molecule has 4 aromatic rings. The van der Waals surface area contributed by atoms with E-state index >= 15 is 9.18 Å². The number of fused-ring (bicyclic) bond motifs is 1. The molecule has 1 N–H and O–H groups in total. The third kappa shape index (κ3) is 9.29. The number of rotatable bonds is 12. The van der Waals surface area contributed by atoms with E-state index in [2.05, 4.69) is 4.74 Å². The van der Waals surface area contributed by atoms with Gasteiger partial charge in [-0.15, -0.1) is 11.8 Å². The minimum Gasteiger partial charge on any atom is -0.384 e. The quantitative estimate of drug-likeness (QED) is 0.146. The number of hydrogen-bond donors (Lipinski definition) is 1. The number of carbonyl (C=O) groups excluding carboxylic acids is 1. The van der Waals surface area contributed by atoms with Gasteiger partial charge in [-0.1, -0.05) is 66.0 Å². The van der Waals surface area contributed by atoms with Crippen LogP contribution in [0.3, 0.4) is 0 Å². The molecule has 1 saturated heterocycles. The highest BCUT2D eigenvalue weighted by atomic mass is 32.2. The summed E-state index contributed by atoms with van der Waals surface area (Å²) in [6.45, 7) is -7.56. The molecule has 1 fully saturated rings. The zero-order valence-corrected chi connectivity index (χ0v) is 28.3. The predicted molar refractivity (Wildman–Crippen MR) is 198 cm³/mol. The molecule has 2 aliphatic heterocycles. The number of benzene rings is 4. The number of carbonyl (C=O) groups is 1. The summed E-state index contributed by atoms with van der Waals surface area (Å²) >= 11 is 0.177. The van der Waals surface area contributed by atoms with Crippen LogP contribution in [-0.2, 0) is 28.0 Å². The number of likely N-dealkylation sites (tertiary alicyclic amines) is 1. The van der Waals surface area contributed by atoms with E-state index in [-0.39, 0.29) is 43.3 Å². The fourth-order valence-electron chi connectivity index (χ4n) is 5.43. The van der Waals surface area contributed by atoms with Gasteiger partial charge in [0.15, 0.2) is 11.6 Å². The maximum absolute atomic E-state index is 15.5. The van der Waals surface area contributed by atoms with Gasteiger partial charge in [-0.25, -0.2) is 8.78 Å². The van der Waals surface area contributed by atoms with Crippen molar-refractivity contribution in [2.45, 2.75) is 50.4 Å². The van der Waals surface area contributed by atoms with Gasteiger partial charge in [0.2, 0.25) is 5.91 Å². The van der Waals surface area contributed by atoms with E-state index < -0.39 is 210 Å². The van der Waals surface area contributed by atoms with Crippen LogP contribution < -0.4 is 4.90 Å². The monoisotopic (exact) mass is 773 g/mol. The third-order valence-electron chi connectivity index (χ3n) is 8.09. The Hall–Kier alpha value is -4.23. The summed E-state index contributed by atoms with van der Waals surface area (Å²) in [7, 11) is -3.18. The van der Waals surface area contributed by atoms with Crippen LogP contribution in [0.2, 0.25) is 0 Å². The number of piperidine rings is 1. The summed E-state index contributed by atoms with van der Waals surface area (Å²) in [6, 6.07) is -18.6. The van der Waals surface area contributed by atoms with E-state index in [9.17, 15) is 25.4 Å². The van der Waals surface area contributed by atoms with Crippen LogP contribution in [0.4, 0.5) is 27.6 Å². The van der Waals surface area contributed by atoms with E-state index in [1.54, 1.807) is 0 Å². The molecule has 0 radical (unpaired) electrons. The van der Waals surface area contributed by atoms with Crippen molar-refractivity contribution in [2.75, 3.05) is 44.6 Å². The maximum Gasteiger partial charge on any atom is 0.416 e. The number of ether oxygens (including phenoxy) is 1. The molecule has 0 aliphatic carbocycles. The molecule has 12 heteroatoms. The van der Waals surface area contributed by atoms with E-state index in [1.807, 2.05) is 0 Å². The lowest BCUT2D eigenvalue weighted by Crippen LogP contribution is -2.50. The second kappa shape index (κ2) is 16.8. The van der Waals surface area contributed by atoms with Gasteiger partial charge in [-0.2, -0.15) is 13.2 Å². The fourth-order valence-corrected chi connectivity index (χ4v) is 6.37. The highest BCUT2D eigenvalue weighted by Gasteiger charge is 2.33. The van der Waals surface area contributed by atoms with Crippen LogP contribution in [0.15, 0.2) is 95.7 Å². The van der Waals surface area contributed by atoms with Crippen LogP contribution >= 0.6 is 11.8 Å². The first-order chi connectivity index (χ1) is 34.3. The Bertz CT molecular complexity index is 2960. The number of nitrogens with zero attached hydrogens (tertiary/aromatic N) is 3. The van der Waals surface area contributed by atoms with Gasteiger partial charge in [0.1, 0.15) is 12.6 Å². The molecule has 2 aliphatic rings. The van der Waals surface area contributed by atoms with E-state index in [4.69, 9.17) is 27.4 Å². The van der Waals surface area contributed by atoms with Crippen molar-refractivity contribution in [3.05, 3.63) is 135 Å². The minimum atomic E-state index is -5.41. The molecule has 280 valence electrons. The second-order valence-electron chi connectivity index (χ2n) is 11.6.